The minimum Gasteiger partial charge on any atom is -0.495 e. The number of ether oxygens (including phenoxy) is 1. The molecule has 0 unspecified atom stereocenters. The van der Waals surface area contributed by atoms with Gasteiger partial charge in [-0.2, -0.15) is 0 Å². The van der Waals surface area contributed by atoms with Crippen molar-refractivity contribution in [3.05, 3.63) is 77.2 Å². The molecule has 1 amide bonds. The van der Waals surface area contributed by atoms with Gasteiger partial charge in [-0.15, -0.1) is 16.4 Å². The SMILES string of the molecule is COc1ccc(C)cc1NC(=O)[C@@H](Sc1n[nH]c(-c2cccs2)n1)c1ccccc1. The molecular weight excluding hydrogens is 416 g/mol. The molecule has 0 aliphatic heterocycles. The van der Waals surface area contributed by atoms with Gasteiger partial charge in [-0.25, -0.2) is 4.98 Å². The average molecular weight is 437 g/mol. The number of hydrogen-bond donors (Lipinski definition) is 2. The molecule has 4 rings (SSSR count). The number of hydrogen-bond acceptors (Lipinski definition) is 6. The van der Waals surface area contributed by atoms with E-state index in [2.05, 4.69) is 20.5 Å². The normalized spacial score (nSPS) is 11.8. The molecule has 2 heterocycles. The van der Waals surface area contributed by atoms with Gasteiger partial charge in [-0.05, 0) is 41.6 Å². The minimum atomic E-state index is -0.525. The molecule has 1 atom stereocenters. The van der Waals surface area contributed by atoms with Crippen molar-refractivity contribution >= 4 is 34.7 Å². The van der Waals surface area contributed by atoms with Crippen LogP contribution in [-0.2, 0) is 4.79 Å². The summed E-state index contributed by atoms with van der Waals surface area (Å²) in [5, 5.41) is 12.2. The highest BCUT2D eigenvalue weighted by atomic mass is 32.2. The van der Waals surface area contributed by atoms with Crippen molar-refractivity contribution in [2.24, 2.45) is 0 Å². The van der Waals surface area contributed by atoms with Crippen molar-refractivity contribution < 1.29 is 9.53 Å². The third-order valence-electron chi connectivity index (χ3n) is 4.40. The molecule has 8 heteroatoms. The number of benzene rings is 2. The molecule has 0 bridgehead atoms. The van der Waals surface area contributed by atoms with E-state index in [1.165, 1.54) is 11.8 Å². The number of nitrogens with zero attached hydrogens (tertiary/aromatic N) is 2. The van der Waals surface area contributed by atoms with Crippen LogP contribution in [-0.4, -0.2) is 28.2 Å². The van der Waals surface area contributed by atoms with Crippen LogP contribution in [0.5, 0.6) is 5.75 Å². The number of methoxy groups -OCH3 is 1. The molecule has 0 saturated heterocycles. The van der Waals surface area contributed by atoms with Gasteiger partial charge < -0.3 is 10.1 Å². The summed E-state index contributed by atoms with van der Waals surface area (Å²) in [5.41, 5.74) is 2.54. The second-order valence-electron chi connectivity index (χ2n) is 6.55. The van der Waals surface area contributed by atoms with Crippen molar-refractivity contribution in [2.75, 3.05) is 12.4 Å². The molecule has 6 nitrogen and oxygen atoms in total. The Bertz CT molecular complexity index is 1130. The van der Waals surface area contributed by atoms with Crippen LogP contribution in [0.2, 0.25) is 0 Å². The van der Waals surface area contributed by atoms with E-state index in [1.807, 2.05) is 73.0 Å². The van der Waals surface area contributed by atoms with Crippen molar-refractivity contribution in [1.82, 2.24) is 15.2 Å². The van der Waals surface area contributed by atoms with E-state index in [9.17, 15) is 4.79 Å². The van der Waals surface area contributed by atoms with Crippen LogP contribution in [0.4, 0.5) is 5.69 Å². The fraction of sp³-hybridized carbons (Fsp3) is 0.136. The molecule has 2 aromatic heterocycles. The Morgan fingerprint density at radius 2 is 2.00 bits per heavy atom. The largest absolute Gasteiger partial charge is 0.495 e. The third-order valence-corrected chi connectivity index (χ3v) is 6.39. The van der Waals surface area contributed by atoms with Gasteiger partial charge in [-0.3, -0.25) is 9.89 Å². The summed E-state index contributed by atoms with van der Waals surface area (Å²) < 4.78 is 5.40. The zero-order chi connectivity index (χ0) is 20.9. The molecule has 30 heavy (non-hydrogen) atoms. The Labute approximate surface area is 182 Å². The van der Waals surface area contributed by atoms with E-state index in [4.69, 9.17) is 4.74 Å². The van der Waals surface area contributed by atoms with Crippen LogP contribution >= 0.6 is 23.1 Å². The fourth-order valence-corrected chi connectivity index (χ4v) is 4.52. The lowest BCUT2D eigenvalue weighted by Crippen LogP contribution is -2.19. The van der Waals surface area contributed by atoms with E-state index in [1.54, 1.807) is 18.4 Å². The van der Waals surface area contributed by atoms with E-state index in [-0.39, 0.29) is 5.91 Å². The van der Waals surface area contributed by atoms with Gasteiger partial charge in [0.1, 0.15) is 11.0 Å². The second kappa shape index (κ2) is 9.15. The molecule has 0 aliphatic carbocycles. The lowest BCUT2D eigenvalue weighted by Gasteiger charge is -2.17. The van der Waals surface area contributed by atoms with Crippen molar-refractivity contribution in [1.29, 1.82) is 0 Å². The highest BCUT2D eigenvalue weighted by molar-refractivity contribution is 8.00. The number of rotatable bonds is 7. The van der Waals surface area contributed by atoms with Crippen LogP contribution in [0.1, 0.15) is 16.4 Å². The van der Waals surface area contributed by atoms with Crippen molar-refractivity contribution in [2.45, 2.75) is 17.3 Å². The van der Waals surface area contributed by atoms with E-state index >= 15 is 0 Å². The zero-order valence-corrected chi connectivity index (χ0v) is 18.1. The summed E-state index contributed by atoms with van der Waals surface area (Å²) >= 11 is 2.89. The van der Waals surface area contributed by atoms with E-state index in [0.717, 1.165) is 16.0 Å². The van der Waals surface area contributed by atoms with Gasteiger partial charge in [-0.1, -0.05) is 54.2 Å². The Morgan fingerprint density at radius 3 is 2.73 bits per heavy atom. The fourth-order valence-electron chi connectivity index (χ4n) is 2.95. The predicted octanol–water partition coefficient (Wildman–Crippen LogP) is 5.32. The minimum absolute atomic E-state index is 0.169. The van der Waals surface area contributed by atoms with Crippen molar-refractivity contribution in [3.63, 3.8) is 0 Å². The highest BCUT2D eigenvalue weighted by Crippen LogP contribution is 2.36. The van der Waals surface area contributed by atoms with Gasteiger partial charge in [0.05, 0.1) is 17.7 Å². The predicted molar refractivity (Wildman–Crippen MR) is 121 cm³/mol. The Hall–Kier alpha value is -3.10. The molecule has 152 valence electrons. The van der Waals surface area contributed by atoms with Crippen LogP contribution in [0.3, 0.4) is 0 Å². The van der Waals surface area contributed by atoms with E-state index < -0.39 is 5.25 Å². The number of nitrogens with one attached hydrogen (secondary N) is 2. The van der Waals surface area contributed by atoms with Gasteiger partial charge in [0.15, 0.2) is 5.82 Å². The number of carbonyl (C=O) groups excluding carboxylic acids is 1. The second-order valence-corrected chi connectivity index (χ2v) is 8.57. The number of thioether (sulfide) groups is 1. The first-order chi connectivity index (χ1) is 14.6. The van der Waals surface area contributed by atoms with Crippen LogP contribution in [0, 0.1) is 6.92 Å². The number of aromatic nitrogens is 3. The summed E-state index contributed by atoms with van der Waals surface area (Å²) in [7, 11) is 1.59. The maximum atomic E-state index is 13.3. The molecule has 0 aliphatic rings. The monoisotopic (exact) mass is 436 g/mol. The van der Waals surface area contributed by atoms with Crippen LogP contribution in [0.25, 0.3) is 10.7 Å². The number of amides is 1. The number of H-pyrrole nitrogens is 1. The molecular formula is C22H20N4O2S2. The first kappa shape index (κ1) is 20.2. The number of anilines is 1. The Morgan fingerprint density at radius 1 is 1.17 bits per heavy atom. The molecule has 0 saturated carbocycles. The molecule has 0 spiro atoms. The number of carbonyl (C=O) groups is 1. The summed E-state index contributed by atoms with van der Waals surface area (Å²) in [5.74, 6) is 1.14. The maximum absolute atomic E-state index is 13.3. The van der Waals surface area contributed by atoms with Gasteiger partial charge in [0.25, 0.3) is 0 Å². The van der Waals surface area contributed by atoms with Gasteiger partial charge in [0, 0.05) is 0 Å². The quantitative estimate of drug-likeness (QED) is 0.383. The van der Waals surface area contributed by atoms with Gasteiger partial charge >= 0.3 is 0 Å². The van der Waals surface area contributed by atoms with Gasteiger partial charge in [0.2, 0.25) is 11.1 Å². The van der Waals surface area contributed by atoms with Crippen LogP contribution < -0.4 is 10.1 Å². The molecule has 2 N–H and O–H groups in total. The lowest BCUT2D eigenvalue weighted by molar-refractivity contribution is -0.115. The summed E-state index contributed by atoms with van der Waals surface area (Å²) in [6, 6.07) is 19.2. The standard InChI is InChI=1S/C22H20N4O2S2/c1-14-10-11-17(28-2)16(13-14)23-21(27)19(15-7-4-3-5-8-15)30-22-24-20(25-26-22)18-9-6-12-29-18/h3-13,19H,1-2H3,(H,23,27)(H,24,25,26)/t19-/m0/s1. The smallest absolute Gasteiger partial charge is 0.242 e. The average Bonchev–Trinajstić information content (AvgIpc) is 3.45. The van der Waals surface area contributed by atoms with Crippen LogP contribution in [0.15, 0.2) is 71.2 Å². The van der Waals surface area contributed by atoms with E-state index in [0.29, 0.717) is 22.4 Å². The highest BCUT2D eigenvalue weighted by Gasteiger charge is 2.25. The number of aromatic amines is 1. The third kappa shape index (κ3) is 4.55. The zero-order valence-electron chi connectivity index (χ0n) is 16.5. The maximum Gasteiger partial charge on any atom is 0.242 e. The molecule has 0 radical (unpaired) electrons. The Balaban J connectivity index is 1.61. The molecule has 0 fully saturated rings. The molecule has 2 aromatic carbocycles. The number of thiophene rings is 1. The first-order valence-corrected chi connectivity index (χ1v) is 11.0. The number of aryl methyl sites for hydroxylation is 1. The summed E-state index contributed by atoms with van der Waals surface area (Å²) in [6.45, 7) is 1.97. The van der Waals surface area contributed by atoms with Crippen molar-refractivity contribution in [3.8, 4) is 16.5 Å². The lowest BCUT2D eigenvalue weighted by atomic mass is 10.1. The summed E-state index contributed by atoms with van der Waals surface area (Å²) in [4.78, 5) is 18.8. The summed E-state index contributed by atoms with van der Waals surface area (Å²) in [6.07, 6.45) is 0. The topological polar surface area (TPSA) is 79.9 Å². The first-order valence-electron chi connectivity index (χ1n) is 9.27. The Kier molecular flexibility index (Phi) is 6.15. The molecule has 4 aromatic rings.